The maximum Gasteiger partial charge on any atom is 0.0622 e. The van der Waals surface area contributed by atoms with Crippen molar-refractivity contribution in [2.45, 2.75) is 6.04 Å². The van der Waals surface area contributed by atoms with E-state index in [4.69, 9.17) is 15.2 Å². The molecule has 0 spiro atoms. The molecule has 12 heavy (non-hydrogen) atoms. The van der Waals surface area contributed by atoms with Crippen molar-refractivity contribution in [3.63, 3.8) is 0 Å². The van der Waals surface area contributed by atoms with Crippen LogP contribution in [0.4, 0.5) is 0 Å². The summed E-state index contributed by atoms with van der Waals surface area (Å²) < 4.78 is 20.8. The SMILES string of the molecule is COCCS(=O)CC(N)COC. The maximum absolute atomic E-state index is 11.2. The quantitative estimate of drug-likeness (QED) is 0.587. The van der Waals surface area contributed by atoms with Gasteiger partial charge < -0.3 is 15.2 Å². The lowest BCUT2D eigenvalue weighted by molar-refractivity contribution is 0.186. The third-order valence-corrected chi connectivity index (χ3v) is 2.72. The van der Waals surface area contributed by atoms with Gasteiger partial charge in [0.05, 0.1) is 13.2 Å². The van der Waals surface area contributed by atoms with Crippen molar-refractivity contribution in [3.05, 3.63) is 0 Å². The van der Waals surface area contributed by atoms with Gasteiger partial charge in [-0.2, -0.15) is 0 Å². The Balaban J connectivity index is 3.40. The monoisotopic (exact) mass is 195 g/mol. The third-order valence-electron chi connectivity index (χ3n) is 1.30. The Labute approximate surface area is 75.9 Å². The van der Waals surface area contributed by atoms with Crippen LogP contribution in [0.2, 0.25) is 0 Å². The maximum atomic E-state index is 11.2. The zero-order chi connectivity index (χ0) is 9.40. The second-order valence-corrected chi connectivity index (χ2v) is 4.14. The van der Waals surface area contributed by atoms with Crippen LogP contribution in [0, 0.1) is 0 Å². The summed E-state index contributed by atoms with van der Waals surface area (Å²) in [7, 11) is 2.29. The number of hydrogen-bond acceptors (Lipinski definition) is 4. The van der Waals surface area contributed by atoms with Crippen molar-refractivity contribution in [1.82, 2.24) is 0 Å². The van der Waals surface area contributed by atoms with Crippen molar-refractivity contribution in [2.24, 2.45) is 5.73 Å². The van der Waals surface area contributed by atoms with E-state index in [1.54, 1.807) is 14.2 Å². The number of methoxy groups -OCH3 is 2. The molecule has 2 N–H and O–H groups in total. The summed E-state index contributed by atoms with van der Waals surface area (Å²) in [6.45, 7) is 0.977. The summed E-state index contributed by atoms with van der Waals surface area (Å²) in [6, 6.07) is -0.132. The second-order valence-electron chi connectivity index (χ2n) is 2.52. The molecule has 74 valence electrons. The molecule has 0 rings (SSSR count). The van der Waals surface area contributed by atoms with E-state index >= 15 is 0 Å². The summed E-state index contributed by atoms with van der Waals surface area (Å²) in [5.41, 5.74) is 5.60. The van der Waals surface area contributed by atoms with E-state index in [9.17, 15) is 4.21 Å². The third kappa shape index (κ3) is 6.72. The molecule has 5 heteroatoms. The van der Waals surface area contributed by atoms with E-state index in [0.717, 1.165) is 0 Å². The highest BCUT2D eigenvalue weighted by Crippen LogP contribution is 1.88. The predicted molar refractivity (Wildman–Crippen MR) is 49.6 cm³/mol. The van der Waals surface area contributed by atoms with Crippen LogP contribution >= 0.6 is 0 Å². The van der Waals surface area contributed by atoms with Crippen LogP contribution in [0.1, 0.15) is 0 Å². The topological polar surface area (TPSA) is 61.5 Å². The molecular weight excluding hydrogens is 178 g/mol. The minimum atomic E-state index is -0.881. The van der Waals surface area contributed by atoms with Crippen molar-refractivity contribution < 1.29 is 13.7 Å². The predicted octanol–water partition coefficient (Wildman–Crippen LogP) is -0.645. The lowest BCUT2D eigenvalue weighted by Crippen LogP contribution is -2.32. The zero-order valence-electron chi connectivity index (χ0n) is 7.62. The van der Waals surface area contributed by atoms with Crippen molar-refractivity contribution in [1.29, 1.82) is 0 Å². The average Bonchev–Trinajstić information content (AvgIpc) is 2.01. The van der Waals surface area contributed by atoms with Gasteiger partial charge in [0.2, 0.25) is 0 Å². The minimum absolute atomic E-state index is 0.132. The lowest BCUT2D eigenvalue weighted by Gasteiger charge is -2.09. The first-order valence-electron chi connectivity index (χ1n) is 3.79. The normalized spacial score (nSPS) is 15.9. The first-order chi connectivity index (χ1) is 5.70. The first-order valence-corrected chi connectivity index (χ1v) is 5.28. The van der Waals surface area contributed by atoms with Gasteiger partial charge in [-0.1, -0.05) is 0 Å². The molecule has 0 fully saturated rings. The van der Waals surface area contributed by atoms with E-state index in [-0.39, 0.29) is 6.04 Å². The van der Waals surface area contributed by atoms with Gasteiger partial charge in [-0.05, 0) is 0 Å². The van der Waals surface area contributed by atoms with Crippen LogP contribution in [0.15, 0.2) is 0 Å². The standard InChI is InChI=1S/C7H17NO3S/c1-10-3-4-12(9)6-7(8)5-11-2/h7H,3-6,8H2,1-2H3. The molecule has 0 aromatic rings. The Hall–Kier alpha value is 0.0300. The molecule has 0 radical (unpaired) electrons. The molecule has 0 aromatic carbocycles. The number of ether oxygens (including phenoxy) is 2. The molecule has 0 saturated carbocycles. The molecule has 2 unspecified atom stereocenters. The van der Waals surface area contributed by atoms with Gasteiger partial charge in [0.25, 0.3) is 0 Å². The van der Waals surface area contributed by atoms with Crippen LogP contribution in [-0.4, -0.2) is 49.2 Å². The van der Waals surface area contributed by atoms with Gasteiger partial charge in [0, 0.05) is 42.6 Å². The average molecular weight is 195 g/mol. The van der Waals surface area contributed by atoms with Gasteiger partial charge in [0.1, 0.15) is 0 Å². The van der Waals surface area contributed by atoms with E-state index < -0.39 is 10.8 Å². The number of hydrogen-bond donors (Lipinski definition) is 1. The zero-order valence-corrected chi connectivity index (χ0v) is 8.43. The van der Waals surface area contributed by atoms with Crippen LogP contribution in [0.3, 0.4) is 0 Å². The first kappa shape index (κ1) is 12.0. The Bertz CT molecular complexity index is 132. The molecule has 0 aromatic heterocycles. The van der Waals surface area contributed by atoms with E-state index in [1.165, 1.54) is 0 Å². The summed E-state index contributed by atoms with van der Waals surface area (Å²) in [5, 5.41) is 0. The van der Waals surface area contributed by atoms with E-state index in [1.807, 2.05) is 0 Å². The highest BCUT2D eigenvalue weighted by molar-refractivity contribution is 7.85. The Morgan fingerprint density at radius 1 is 1.42 bits per heavy atom. The fourth-order valence-corrected chi connectivity index (χ4v) is 1.85. The summed E-state index contributed by atoms with van der Waals surface area (Å²) in [6.07, 6.45) is 0. The molecule has 0 amide bonds. The summed E-state index contributed by atoms with van der Waals surface area (Å²) >= 11 is 0. The molecule has 0 heterocycles. The van der Waals surface area contributed by atoms with Gasteiger partial charge >= 0.3 is 0 Å². The summed E-state index contributed by atoms with van der Waals surface area (Å²) in [5.74, 6) is 1.03. The molecule has 0 saturated heterocycles. The van der Waals surface area contributed by atoms with Crippen molar-refractivity contribution in [2.75, 3.05) is 38.9 Å². The molecule has 0 aliphatic carbocycles. The van der Waals surface area contributed by atoms with Crippen LogP contribution in [0.5, 0.6) is 0 Å². The highest BCUT2D eigenvalue weighted by atomic mass is 32.2. The molecule has 0 bridgehead atoms. The Morgan fingerprint density at radius 2 is 2.08 bits per heavy atom. The molecule has 0 aliphatic heterocycles. The Morgan fingerprint density at radius 3 is 2.58 bits per heavy atom. The molecule has 4 nitrogen and oxygen atoms in total. The van der Waals surface area contributed by atoms with Gasteiger partial charge in [-0.3, -0.25) is 4.21 Å². The number of rotatable bonds is 7. The van der Waals surface area contributed by atoms with Crippen molar-refractivity contribution in [3.8, 4) is 0 Å². The van der Waals surface area contributed by atoms with Gasteiger partial charge in [0.15, 0.2) is 0 Å². The van der Waals surface area contributed by atoms with Gasteiger partial charge in [-0.15, -0.1) is 0 Å². The minimum Gasteiger partial charge on any atom is -0.384 e. The molecule has 0 aliphatic rings. The smallest absolute Gasteiger partial charge is 0.0622 e. The van der Waals surface area contributed by atoms with Gasteiger partial charge in [-0.25, -0.2) is 0 Å². The lowest BCUT2D eigenvalue weighted by atomic mass is 10.4. The summed E-state index contributed by atoms with van der Waals surface area (Å²) in [4.78, 5) is 0. The number of nitrogens with two attached hydrogens (primary N) is 1. The Kier molecular flexibility index (Phi) is 7.69. The van der Waals surface area contributed by atoms with Crippen LogP contribution in [0.25, 0.3) is 0 Å². The van der Waals surface area contributed by atoms with Crippen LogP contribution in [-0.2, 0) is 20.3 Å². The second kappa shape index (κ2) is 7.67. The fourth-order valence-electron chi connectivity index (χ4n) is 0.761. The van der Waals surface area contributed by atoms with E-state index in [2.05, 4.69) is 0 Å². The highest BCUT2D eigenvalue weighted by Gasteiger charge is 2.06. The molecular formula is C7H17NO3S. The largest absolute Gasteiger partial charge is 0.384 e. The van der Waals surface area contributed by atoms with Crippen LogP contribution < -0.4 is 5.73 Å². The van der Waals surface area contributed by atoms with E-state index in [0.29, 0.717) is 24.7 Å². The molecule has 2 atom stereocenters. The fraction of sp³-hybridized carbons (Fsp3) is 1.00. The van der Waals surface area contributed by atoms with Crippen molar-refractivity contribution >= 4 is 10.8 Å².